The highest BCUT2D eigenvalue weighted by molar-refractivity contribution is 5.92. The lowest BCUT2D eigenvalue weighted by Gasteiger charge is -2.16. The van der Waals surface area contributed by atoms with Crippen LogP contribution in [-0.2, 0) is 4.79 Å². The van der Waals surface area contributed by atoms with Crippen molar-refractivity contribution in [3.63, 3.8) is 0 Å². The Balaban J connectivity index is 2.06. The van der Waals surface area contributed by atoms with Crippen LogP contribution in [0.3, 0.4) is 0 Å². The number of nitrogens with zero attached hydrogens (tertiary/aromatic N) is 3. The molecule has 1 N–H and O–H groups in total. The second kappa shape index (κ2) is 6.20. The van der Waals surface area contributed by atoms with Crippen molar-refractivity contribution < 1.29 is 4.79 Å². The van der Waals surface area contributed by atoms with Crippen LogP contribution in [0.2, 0.25) is 0 Å². The van der Waals surface area contributed by atoms with Gasteiger partial charge in [-0.15, -0.1) is 0 Å². The summed E-state index contributed by atoms with van der Waals surface area (Å²) in [5, 5.41) is 2.99. The van der Waals surface area contributed by atoms with Crippen molar-refractivity contribution in [1.29, 1.82) is 0 Å². The number of aryl methyl sites for hydroxylation is 2. The van der Waals surface area contributed by atoms with Gasteiger partial charge in [-0.05, 0) is 32.6 Å². The zero-order valence-corrected chi connectivity index (χ0v) is 12.9. The smallest absolute Gasteiger partial charge is 0.225 e. The van der Waals surface area contributed by atoms with Gasteiger partial charge >= 0.3 is 0 Å². The molecule has 5 heteroatoms. The van der Waals surface area contributed by atoms with Crippen molar-refractivity contribution in [2.75, 3.05) is 24.3 Å². The van der Waals surface area contributed by atoms with Crippen LogP contribution in [0, 0.1) is 19.8 Å². The topological polar surface area (TPSA) is 58.1 Å². The number of nitrogens with one attached hydrogen (secondary N) is 1. The van der Waals surface area contributed by atoms with Crippen molar-refractivity contribution >= 4 is 17.5 Å². The molecule has 0 unspecified atom stereocenters. The molecule has 1 aliphatic carbocycles. The Bertz CT molecular complexity index is 470. The third kappa shape index (κ3) is 3.46. The third-order valence-electron chi connectivity index (χ3n) is 3.87. The Kier molecular flexibility index (Phi) is 4.57. The number of rotatable bonds is 4. The Morgan fingerprint density at radius 1 is 1.20 bits per heavy atom. The molecule has 0 aliphatic heterocycles. The maximum atomic E-state index is 12.1. The molecule has 1 aliphatic rings. The fourth-order valence-electron chi connectivity index (χ4n) is 2.75. The highest BCUT2D eigenvalue weighted by Gasteiger charge is 2.19. The standard InChI is InChI=1S/C15H24N4O/c1-10-14(11(2)17-15(16-10)19(3)4)18-13(20)9-12-7-5-6-8-12/h12H,5-9H2,1-4H3,(H,18,20). The van der Waals surface area contributed by atoms with Gasteiger partial charge in [-0.1, -0.05) is 12.8 Å². The van der Waals surface area contributed by atoms with Crippen LogP contribution in [0.25, 0.3) is 0 Å². The largest absolute Gasteiger partial charge is 0.347 e. The van der Waals surface area contributed by atoms with Crippen LogP contribution in [0.1, 0.15) is 43.5 Å². The molecular formula is C15H24N4O. The summed E-state index contributed by atoms with van der Waals surface area (Å²) in [5.41, 5.74) is 2.40. The van der Waals surface area contributed by atoms with Gasteiger partial charge in [0.25, 0.3) is 0 Å². The van der Waals surface area contributed by atoms with Gasteiger partial charge in [0.1, 0.15) is 0 Å². The Labute approximate surface area is 120 Å². The number of carbonyl (C=O) groups is 1. The predicted molar refractivity (Wildman–Crippen MR) is 81.0 cm³/mol. The van der Waals surface area contributed by atoms with Gasteiger partial charge in [-0.25, -0.2) is 9.97 Å². The van der Waals surface area contributed by atoms with Crippen LogP contribution in [0.4, 0.5) is 11.6 Å². The van der Waals surface area contributed by atoms with Crippen LogP contribution in [0.5, 0.6) is 0 Å². The normalized spacial score (nSPS) is 15.4. The number of amides is 1. The van der Waals surface area contributed by atoms with Crippen LogP contribution < -0.4 is 10.2 Å². The van der Waals surface area contributed by atoms with Crippen molar-refractivity contribution in [2.24, 2.45) is 5.92 Å². The summed E-state index contributed by atoms with van der Waals surface area (Å²) in [6, 6.07) is 0. The number of anilines is 2. The summed E-state index contributed by atoms with van der Waals surface area (Å²) in [6.45, 7) is 3.82. The van der Waals surface area contributed by atoms with Crippen LogP contribution in [-0.4, -0.2) is 30.0 Å². The summed E-state index contributed by atoms with van der Waals surface area (Å²) in [7, 11) is 3.82. The molecule has 1 fully saturated rings. The minimum Gasteiger partial charge on any atom is -0.347 e. The van der Waals surface area contributed by atoms with Gasteiger partial charge in [0.15, 0.2) is 0 Å². The molecule has 1 amide bonds. The first-order valence-corrected chi connectivity index (χ1v) is 7.29. The minimum absolute atomic E-state index is 0.0873. The third-order valence-corrected chi connectivity index (χ3v) is 3.87. The van der Waals surface area contributed by atoms with E-state index < -0.39 is 0 Å². The molecule has 0 atom stereocenters. The molecule has 0 spiro atoms. The minimum atomic E-state index is 0.0873. The number of hydrogen-bond acceptors (Lipinski definition) is 4. The molecule has 20 heavy (non-hydrogen) atoms. The maximum absolute atomic E-state index is 12.1. The van der Waals surface area contributed by atoms with Crippen LogP contribution in [0.15, 0.2) is 0 Å². The zero-order valence-electron chi connectivity index (χ0n) is 12.9. The van der Waals surface area contributed by atoms with E-state index in [9.17, 15) is 4.79 Å². The molecule has 1 heterocycles. The van der Waals surface area contributed by atoms with E-state index in [0.717, 1.165) is 17.1 Å². The lowest BCUT2D eigenvalue weighted by Crippen LogP contribution is -2.19. The second-order valence-electron chi connectivity index (χ2n) is 5.87. The summed E-state index contributed by atoms with van der Waals surface area (Å²) in [4.78, 5) is 22.8. The monoisotopic (exact) mass is 276 g/mol. The molecule has 0 bridgehead atoms. The first-order valence-electron chi connectivity index (χ1n) is 7.29. The molecular weight excluding hydrogens is 252 g/mol. The van der Waals surface area contributed by atoms with E-state index in [2.05, 4.69) is 15.3 Å². The average Bonchev–Trinajstić information content (AvgIpc) is 2.86. The van der Waals surface area contributed by atoms with Crippen LogP contribution >= 0.6 is 0 Å². The zero-order chi connectivity index (χ0) is 14.7. The van der Waals surface area contributed by atoms with Crippen molar-refractivity contribution in [1.82, 2.24) is 9.97 Å². The van der Waals surface area contributed by atoms with E-state index in [-0.39, 0.29) is 5.91 Å². The molecule has 0 saturated heterocycles. The molecule has 1 aromatic rings. The van der Waals surface area contributed by atoms with E-state index >= 15 is 0 Å². The quantitative estimate of drug-likeness (QED) is 0.918. The lowest BCUT2D eigenvalue weighted by molar-refractivity contribution is -0.117. The lowest BCUT2D eigenvalue weighted by atomic mass is 10.0. The maximum Gasteiger partial charge on any atom is 0.225 e. The number of aromatic nitrogens is 2. The number of carbonyl (C=O) groups excluding carboxylic acids is 1. The molecule has 0 radical (unpaired) electrons. The van der Waals surface area contributed by atoms with Gasteiger partial charge < -0.3 is 10.2 Å². The Morgan fingerprint density at radius 3 is 2.25 bits per heavy atom. The molecule has 2 rings (SSSR count). The van der Waals surface area contributed by atoms with Crippen molar-refractivity contribution in [2.45, 2.75) is 46.0 Å². The summed E-state index contributed by atoms with van der Waals surface area (Å²) in [6.07, 6.45) is 5.50. The average molecular weight is 276 g/mol. The van der Waals surface area contributed by atoms with E-state index in [0.29, 0.717) is 18.3 Å². The van der Waals surface area contributed by atoms with E-state index in [1.54, 1.807) is 0 Å². The van der Waals surface area contributed by atoms with Gasteiger partial charge in [-0.3, -0.25) is 4.79 Å². The molecule has 110 valence electrons. The summed E-state index contributed by atoms with van der Waals surface area (Å²) in [5.74, 6) is 1.32. The first kappa shape index (κ1) is 14.8. The predicted octanol–water partition coefficient (Wildman–Crippen LogP) is 2.68. The molecule has 5 nitrogen and oxygen atoms in total. The fraction of sp³-hybridized carbons (Fsp3) is 0.667. The Morgan fingerprint density at radius 2 is 1.75 bits per heavy atom. The van der Waals surface area contributed by atoms with Crippen molar-refractivity contribution in [3.8, 4) is 0 Å². The van der Waals surface area contributed by atoms with Gasteiger partial charge in [0, 0.05) is 20.5 Å². The van der Waals surface area contributed by atoms with Gasteiger partial charge in [-0.2, -0.15) is 0 Å². The highest BCUT2D eigenvalue weighted by Crippen LogP contribution is 2.28. The van der Waals surface area contributed by atoms with E-state index in [1.165, 1.54) is 25.7 Å². The molecule has 0 aromatic carbocycles. The molecule has 1 aromatic heterocycles. The van der Waals surface area contributed by atoms with Gasteiger partial charge in [0.2, 0.25) is 11.9 Å². The fourth-order valence-corrected chi connectivity index (χ4v) is 2.75. The number of hydrogen-bond donors (Lipinski definition) is 1. The van der Waals surface area contributed by atoms with E-state index in [4.69, 9.17) is 0 Å². The second-order valence-corrected chi connectivity index (χ2v) is 5.87. The SMILES string of the molecule is Cc1nc(N(C)C)nc(C)c1NC(=O)CC1CCCC1. The molecule has 1 saturated carbocycles. The first-order chi connectivity index (χ1) is 9.47. The van der Waals surface area contributed by atoms with Gasteiger partial charge in [0.05, 0.1) is 17.1 Å². The Hall–Kier alpha value is -1.65. The summed E-state index contributed by atoms with van der Waals surface area (Å²) < 4.78 is 0. The highest BCUT2D eigenvalue weighted by atomic mass is 16.1. The van der Waals surface area contributed by atoms with E-state index in [1.807, 2.05) is 32.8 Å². The summed E-state index contributed by atoms with van der Waals surface area (Å²) >= 11 is 0. The van der Waals surface area contributed by atoms with Crippen molar-refractivity contribution in [3.05, 3.63) is 11.4 Å².